The molecule has 2 heterocycles. The van der Waals surface area contributed by atoms with Gasteiger partial charge in [0.25, 0.3) is 0 Å². The fourth-order valence-corrected chi connectivity index (χ4v) is 4.45. The van der Waals surface area contributed by atoms with E-state index >= 15 is 0 Å². The second-order valence-electron chi connectivity index (χ2n) is 5.58. The molecule has 0 spiro atoms. The average molecular weight is 453 g/mol. The van der Waals surface area contributed by atoms with Crippen molar-refractivity contribution in [3.8, 4) is 0 Å². The van der Waals surface area contributed by atoms with Crippen LogP contribution < -0.4 is 0 Å². The summed E-state index contributed by atoms with van der Waals surface area (Å²) >= 11 is 37.7. The summed E-state index contributed by atoms with van der Waals surface area (Å²) in [5.41, 5.74) is 3.17. The Kier molecular flexibility index (Phi) is 4.56. The molecular weight excluding hydrogens is 445 g/mol. The van der Waals surface area contributed by atoms with Crippen LogP contribution in [0.5, 0.6) is 0 Å². The van der Waals surface area contributed by atoms with E-state index in [-0.39, 0.29) is 0 Å². The highest BCUT2D eigenvalue weighted by molar-refractivity contribution is 6.49. The Labute approximate surface area is 172 Å². The number of nitrogens with one attached hydrogen (secondary N) is 2. The van der Waals surface area contributed by atoms with Crippen LogP contribution >= 0.6 is 69.6 Å². The van der Waals surface area contributed by atoms with E-state index in [4.69, 9.17) is 69.6 Å². The van der Waals surface area contributed by atoms with Gasteiger partial charge in [-0.15, -0.1) is 0 Å². The second-order valence-corrected chi connectivity index (χ2v) is 7.91. The molecule has 0 unspecified atom stereocenters. The normalized spacial score (nSPS) is 11.8. The van der Waals surface area contributed by atoms with Crippen molar-refractivity contribution in [3.05, 3.63) is 65.8 Å². The van der Waals surface area contributed by atoms with Gasteiger partial charge in [-0.3, -0.25) is 0 Å². The molecule has 128 valence electrons. The molecule has 4 rings (SSSR count). The predicted molar refractivity (Wildman–Crippen MR) is 109 cm³/mol. The number of H-pyrrole nitrogens is 2. The minimum Gasteiger partial charge on any atom is -0.357 e. The van der Waals surface area contributed by atoms with Crippen LogP contribution in [0.3, 0.4) is 0 Å². The average Bonchev–Trinajstić information content (AvgIpc) is 3.06. The maximum absolute atomic E-state index is 6.51. The Morgan fingerprint density at radius 1 is 0.560 bits per heavy atom. The van der Waals surface area contributed by atoms with E-state index < -0.39 is 0 Å². The van der Waals surface area contributed by atoms with Crippen molar-refractivity contribution in [2.24, 2.45) is 0 Å². The van der Waals surface area contributed by atoms with Crippen molar-refractivity contribution in [2.45, 2.75) is 6.42 Å². The van der Waals surface area contributed by atoms with Crippen molar-refractivity contribution in [3.63, 3.8) is 0 Å². The minimum atomic E-state index is 0.421. The molecule has 0 saturated heterocycles. The van der Waals surface area contributed by atoms with Crippen molar-refractivity contribution < 1.29 is 0 Å². The van der Waals surface area contributed by atoms with Crippen LogP contribution in [-0.4, -0.2) is 9.97 Å². The van der Waals surface area contributed by atoms with E-state index in [9.17, 15) is 0 Å². The lowest BCUT2D eigenvalue weighted by molar-refractivity contribution is 1.07. The van der Waals surface area contributed by atoms with Crippen LogP contribution in [0.1, 0.15) is 11.4 Å². The van der Waals surface area contributed by atoms with Gasteiger partial charge in [-0.1, -0.05) is 69.6 Å². The first-order valence-electron chi connectivity index (χ1n) is 7.16. The smallest absolute Gasteiger partial charge is 0.0711 e. The molecule has 2 aromatic heterocycles. The SMILES string of the molecule is Clc1ccc2[nH]c(Cc3[nH]c4ccc(Cl)c(Cl)c4c3Cl)c(Cl)c2c1Cl. The highest BCUT2D eigenvalue weighted by Gasteiger charge is 2.19. The molecule has 8 heteroatoms. The van der Waals surface area contributed by atoms with Gasteiger partial charge < -0.3 is 9.97 Å². The molecule has 0 fully saturated rings. The Balaban J connectivity index is 1.86. The number of aromatic nitrogens is 2. The largest absolute Gasteiger partial charge is 0.357 e. The number of hydrogen-bond donors (Lipinski definition) is 2. The molecular formula is C17H8Cl6N2. The molecule has 0 bridgehead atoms. The Bertz CT molecular complexity index is 1050. The van der Waals surface area contributed by atoms with Gasteiger partial charge in [0.15, 0.2) is 0 Å². The van der Waals surface area contributed by atoms with Crippen LogP contribution in [0.4, 0.5) is 0 Å². The first kappa shape index (κ1) is 17.7. The molecule has 0 amide bonds. The standard InChI is InChI=1S/C17H8Cl6N2/c18-6-1-3-8-12(14(6)20)16(22)10(24-8)5-11-17(23)13-9(25-11)4-2-7(19)15(13)21/h1-4,24-25H,5H2. The van der Waals surface area contributed by atoms with Gasteiger partial charge >= 0.3 is 0 Å². The zero-order valence-electron chi connectivity index (χ0n) is 12.3. The Hall–Kier alpha value is -0.740. The summed E-state index contributed by atoms with van der Waals surface area (Å²) in [6.45, 7) is 0. The first-order chi connectivity index (χ1) is 11.9. The summed E-state index contributed by atoms with van der Waals surface area (Å²) in [7, 11) is 0. The summed E-state index contributed by atoms with van der Waals surface area (Å²) in [6.07, 6.45) is 0.447. The zero-order chi connectivity index (χ0) is 17.9. The van der Waals surface area contributed by atoms with E-state index in [0.717, 1.165) is 22.4 Å². The molecule has 0 radical (unpaired) electrons. The number of rotatable bonds is 2. The molecule has 0 aliphatic rings. The van der Waals surface area contributed by atoms with E-state index in [2.05, 4.69) is 9.97 Å². The lowest BCUT2D eigenvalue weighted by Crippen LogP contribution is -1.90. The van der Waals surface area contributed by atoms with Crippen LogP contribution in [0.15, 0.2) is 24.3 Å². The fraction of sp³-hybridized carbons (Fsp3) is 0.0588. The van der Waals surface area contributed by atoms with Gasteiger partial charge in [-0.25, -0.2) is 0 Å². The molecule has 0 aliphatic heterocycles. The molecule has 25 heavy (non-hydrogen) atoms. The predicted octanol–water partition coefficient (Wildman–Crippen LogP) is 8.16. The Morgan fingerprint density at radius 3 is 1.36 bits per heavy atom. The van der Waals surface area contributed by atoms with Crippen LogP contribution in [0.25, 0.3) is 21.8 Å². The summed E-state index contributed by atoms with van der Waals surface area (Å²) in [4.78, 5) is 6.53. The maximum Gasteiger partial charge on any atom is 0.0711 e. The molecule has 2 aromatic carbocycles. The highest BCUT2D eigenvalue weighted by atomic mass is 35.5. The summed E-state index contributed by atoms with van der Waals surface area (Å²) in [6, 6.07) is 7.12. The quantitative estimate of drug-likeness (QED) is 0.307. The zero-order valence-corrected chi connectivity index (χ0v) is 16.8. The van der Waals surface area contributed by atoms with Gasteiger partial charge in [0.05, 0.1) is 30.1 Å². The minimum absolute atomic E-state index is 0.421. The maximum atomic E-state index is 6.51. The third-order valence-electron chi connectivity index (χ3n) is 4.08. The monoisotopic (exact) mass is 450 g/mol. The lowest BCUT2D eigenvalue weighted by Gasteiger charge is -1.99. The number of fused-ring (bicyclic) bond motifs is 2. The van der Waals surface area contributed by atoms with Gasteiger partial charge in [-0.2, -0.15) is 0 Å². The molecule has 4 aromatic rings. The van der Waals surface area contributed by atoms with E-state index in [1.807, 2.05) is 12.1 Å². The first-order valence-corrected chi connectivity index (χ1v) is 9.43. The number of halogens is 6. The van der Waals surface area contributed by atoms with Crippen molar-refractivity contribution in [1.82, 2.24) is 9.97 Å². The highest BCUT2D eigenvalue weighted by Crippen LogP contribution is 2.41. The second kappa shape index (κ2) is 6.45. The molecule has 0 saturated carbocycles. The summed E-state index contributed by atoms with van der Waals surface area (Å²) < 4.78 is 0. The summed E-state index contributed by atoms with van der Waals surface area (Å²) in [5.74, 6) is 0. The Morgan fingerprint density at radius 2 is 0.960 bits per heavy atom. The van der Waals surface area contributed by atoms with Crippen molar-refractivity contribution in [2.75, 3.05) is 0 Å². The van der Waals surface area contributed by atoms with Gasteiger partial charge in [0.1, 0.15) is 0 Å². The van der Waals surface area contributed by atoms with Crippen molar-refractivity contribution >= 4 is 91.4 Å². The number of hydrogen-bond acceptors (Lipinski definition) is 0. The molecule has 0 aliphatic carbocycles. The number of benzene rings is 2. The summed E-state index contributed by atoms with van der Waals surface area (Å²) in [5, 5.41) is 4.16. The topological polar surface area (TPSA) is 31.6 Å². The molecule has 2 nitrogen and oxygen atoms in total. The van der Waals surface area contributed by atoms with E-state index in [1.165, 1.54) is 0 Å². The van der Waals surface area contributed by atoms with Crippen LogP contribution in [0.2, 0.25) is 30.1 Å². The third kappa shape index (κ3) is 2.80. The third-order valence-corrected chi connectivity index (χ3v) is 6.53. The number of aromatic amines is 2. The van der Waals surface area contributed by atoms with E-state index in [0.29, 0.717) is 47.3 Å². The van der Waals surface area contributed by atoms with Gasteiger partial charge in [0.2, 0.25) is 0 Å². The van der Waals surface area contributed by atoms with E-state index in [1.54, 1.807) is 12.1 Å². The van der Waals surface area contributed by atoms with Gasteiger partial charge in [0, 0.05) is 39.6 Å². The van der Waals surface area contributed by atoms with Gasteiger partial charge in [-0.05, 0) is 24.3 Å². The molecule has 0 atom stereocenters. The van der Waals surface area contributed by atoms with Crippen LogP contribution in [-0.2, 0) is 6.42 Å². The molecule has 2 N–H and O–H groups in total. The fourth-order valence-electron chi connectivity index (χ4n) is 2.90. The lowest BCUT2D eigenvalue weighted by atomic mass is 10.2. The van der Waals surface area contributed by atoms with Crippen molar-refractivity contribution in [1.29, 1.82) is 0 Å². The van der Waals surface area contributed by atoms with Crippen LogP contribution in [0, 0.1) is 0 Å².